The molecule has 4 nitrogen and oxygen atoms in total. The average Bonchev–Trinajstić information content (AvgIpc) is 2.63. The summed E-state index contributed by atoms with van der Waals surface area (Å²) < 4.78 is 0. The van der Waals surface area contributed by atoms with Gasteiger partial charge in [-0.2, -0.15) is 0 Å². The molecule has 1 aliphatic heterocycles. The number of piperazine rings is 1. The third-order valence-electron chi connectivity index (χ3n) is 4.69. The molecule has 1 fully saturated rings. The summed E-state index contributed by atoms with van der Waals surface area (Å²) in [5, 5.41) is 4.65. The zero-order valence-electron chi connectivity index (χ0n) is 13.5. The summed E-state index contributed by atoms with van der Waals surface area (Å²) in [6.07, 6.45) is 0. The monoisotopic (exact) mass is 319 g/mol. The second-order valence-electron chi connectivity index (χ2n) is 6.36. The first kappa shape index (κ1) is 15.1. The van der Waals surface area contributed by atoms with E-state index in [4.69, 9.17) is 0 Å². The zero-order valence-corrected chi connectivity index (χ0v) is 13.5. The van der Waals surface area contributed by atoms with Crippen LogP contribution in [0.15, 0.2) is 65.5 Å². The molecule has 4 rings (SSSR count). The minimum atomic E-state index is 0.0171. The highest BCUT2D eigenvalue weighted by atomic mass is 16.1. The number of para-hydroxylation sites is 1. The number of nitrogens with one attached hydrogen (secondary N) is 2. The van der Waals surface area contributed by atoms with Crippen LogP contribution in [0, 0.1) is 0 Å². The van der Waals surface area contributed by atoms with Gasteiger partial charge in [0.1, 0.15) is 0 Å². The minimum absolute atomic E-state index is 0.0171. The fourth-order valence-electron chi connectivity index (χ4n) is 3.41. The molecule has 122 valence electrons. The molecule has 2 aromatic carbocycles. The number of rotatable bonds is 3. The van der Waals surface area contributed by atoms with Crippen LogP contribution in [0.5, 0.6) is 0 Å². The molecular formula is C20H21N3O. The number of hydrogen-bond acceptors (Lipinski definition) is 3. The van der Waals surface area contributed by atoms with Gasteiger partial charge in [0.2, 0.25) is 0 Å². The van der Waals surface area contributed by atoms with Crippen molar-refractivity contribution >= 4 is 10.9 Å². The highest BCUT2D eigenvalue weighted by Crippen LogP contribution is 2.18. The van der Waals surface area contributed by atoms with Crippen LogP contribution >= 0.6 is 0 Å². The maximum Gasteiger partial charge on any atom is 0.252 e. The summed E-state index contributed by atoms with van der Waals surface area (Å²) >= 11 is 0. The number of pyridine rings is 1. The van der Waals surface area contributed by atoms with Crippen LogP contribution in [0.25, 0.3) is 10.9 Å². The first-order chi connectivity index (χ1) is 11.8. The van der Waals surface area contributed by atoms with Crippen molar-refractivity contribution in [2.24, 2.45) is 0 Å². The Morgan fingerprint density at radius 3 is 2.71 bits per heavy atom. The molecule has 0 spiro atoms. The number of fused-ring (bicyclic) bond motifs is 1. The van der Waals surface area contributed by atoms with E-state index in [1.807, 2.05) is 36.4 Å². The molecule has 1 aliphatic rings. The normalized spacial score (nSPS) is 18.8. The lowest BCUT2D eigenvalue weighted by atomic mass is 10.0. The topological polar surface area (TPSA) is 48.1 Å². The van der Waals surface area contributed by atoms with E-state index in [-0.39, 0.29) is 5.56 Å². The van der Waals surface area contributed by atoms with E-state index in [1.165, 1.54) is 5.56 Å². The van der Waals surface area contributed by atoms with Gasteiger partial charge < -0.3 is 10.3 Å². The largest absolute Gasteiger partial charge is 0.322 e. The maximum absolute atomic E-state index is 12.4. The number of hydrogen-bond donors (Lipinski definition) is 2. The van der Waals surface area contributed by atoms with E-state index in [2.05, 4.69) is 39.5 Å². The van der Waals surface area contributed by atoms with Crippen molar-refractivity contribution in [3.8, 4) is 0 Å². The lowest BCUT2D eigenvalue weighted by molar-refractivity contribution is 0.192. The van der Waals surface area contributed by atoms with Gasteiger partial charge >= 0.3 is 0 Å². The van der Waals surface area contributed by atoms with Gasteiger partial charge in [-0.25, -0.2) is 0 Å². The van der Waals surface area contributed by atoms with Crippen LogP contribution < -0.4 is 10.9 Å². The summed E-state index contributed by atoms with van der Waals surface area (Å²) in [5.41, 5.74) is 3.05. The average molecular weight is 319 g/mol. The molecule has 0 saturated carbocycles. The molecule has 4 heteroatoms. The Balaban J connectivity index is 1.55. The van der Waals surface area contributed by atoms with Gasteiger partial charge in [-0.15, -0.1) is 0 Å². The van der Waals surface area contributed by atoms with Crippen molar-refractivity contribution in [1.82, 2.24) is 15.2 Å². The molecule has 1 atom stereocenters. The molecular weight excluding hydrogens is 298 g/mol. The van der Waals surface area contributed by atoms with Crippen LogP contribution in [-0.4, -0.2) is 29.5 Å². The van der Waals surface area contributed by atoms with Gasteiger partial charge in [0.25, 0.3) is 5.56 Å². The van der Waals surface area contributed by atoms with Crippen LogP contribution in [0.4, 0.5) is 0 Å². The highest BCUT2D eigenvalue weighted by molar-refractivity contribution is 5.78. The SMILES string of the molecule is O=c1[nH]c2ccccc2cc1CN1CCN[C@H](c2ccccc2)C1. The Morgan fingerprint density at radius 1 is 1.04 bits per heavy atom. The predicted octanol–water partition coefficient (Wildman–Crippen LogP) is 2.67. The number of aromatic amines is 1. The smallest absolute Gasteiger partial charge is 0.252 e. The van der Waals surface area contributed by atoms with Gasteiger partial charge in [-0.3, -0.25) is 9.69 Å². The van der Waals surface area contributed by atoms with Crippen molar-refractivity contribution in [2.45, 2.75) is 12.6 Å². The van der Waals surface area contributed by atoms with Crippen molar-refractivity contribution in [2.75, 3.05) is 19.6 Å². The van der Waals surface area contributed by atoms with Crippen LogP contribution in [0.2, 0.25) is 0 Å². The third kappa shape index (κ3) is 3.11. The molecule has 2 heterocycles. The number of benzene rings is 2. The molecule has 2 N–H and O–H groups in total. The van der Waals surface area contributed by atoms with E-state index in [0.717, 1.165) is 36.1 Å². The molecule has 3 aromatic rings. The van der Waals surface area contributed by atoms with Gasteiger partial charge in [0, 0.05) is 43.3 Å². The molecule has 0 bridgehead atoms. The van der Waals surface area contributed by atoms with E-state index < -0.39 is 0 Å². The predicted molar refractivity (Wildman–Crippen MR) is 97.0 cm³/mol. The van der Waals surface area contributed by atoms with E-state index >= 15 is 0 Å². The number of aromatic nitrogens is 1. The summed E-state index contributed by atoms with van der Waals surface area (Å²) in [5.74, 6) is 0. The molecule has 0 amide bonds. The Hall–Kier alpha value is -2.43. The number of nitrogens with zero attached hydrogens (tertiary/aromatic N) is 1. The van der Waals surface area contributed by atoms with Crippen molar-refractivity contribution in [3.63, 3.8) is 0 Å². The first-order valence-corrected chi connectivity index (χ1v) is 8.41. The van der Waals surface area contributed by atoms with Gasteiger partial charge in [-0.1, -0.05) is 48.5 Å². The minimum Gasteiger partial charge on any atom is -0.322 e. The van der Waals surface area contributed by atoms with Gasteiger partial charge in [0.05, 0.1) is 0 Å². The fourth-order valence-corrected chi connectivity index (χ4v) is 3.41. The maximum atomic E-state index is 12.4. The Kier molecular flexibility index (Phi) is 4.15. The molecule has 24 heavy (non-hydrogen) atoms. The lowest BCUT2D eigenvalue weighted by Gasteiger charge is -2.33. The quantitative estimate of drug-likeness (QED) is 0.780. The first-order valence-electron chi connectivity index (χ1n) is 8.41. The van der Waals surface area contributed by atoms with Gasteiger partial charge in [-0.05, 0) is 23.1 Å². The molecule has 0 aliphatic carbocycles. The number of H-pyrrole nitrogens is 1. The van der Waals surface area contributed by atoms with E-state index in [0.29, 0.717) is 12.6 Å². The standard InChI is InChI=1S/C20H21N3O/c24-20-17(12-16-8-4-5-9-18(16)22-20)13-23-11-10-21-19(14-23)15-6-2-1-3-7-15/h1-9,12,19,21H,10-11,13-14H2,(H,22,24)/t19-/m0/s1. The third-order valence-corrected chi connectivity index (χ3v) is 4.69. The zero-order chi connectivity index (χ0) is 16.4. The van der Waals surface area contributed by atoms with Crippen LogP contribution in [0.1, 0.15) is 17.2 Å². The Morgan fingerprint density at radius 2 is 1.83 bits per heavy atom. The summed E-state index contributed by atoms with van der Waals surface area (Å²) in [6.45, 7) is 3.49. The van der Waals surface area contributed by atoms with Gasteiger partial charge in [0.15, 0.2) is 0 Å². The molecule has 1 saturated heterocycles. The van der Waals surface area contributed by atoms with Crippen molar-refractivity contribution in [3.05, 3.63) is 82.1 Å². The van der Waals surface area contributed by atoms with Crippen molar-refractivity contribution in [1.29, 1.82) is 0 Å². The van der Waals surface area contributed by atoms with Crippen molar-refractivity contribution < 1.29 is 0 Å². The molecule has 1 aromatic heterocycles. The summed E-state index contributed by atoms with van der Waals surface area (Å²) in [6, 6.07) is 20.8. The second kappa shape index (κ2) is 6.59. The fraction of sp³-hybridized carbons (Fsp3) is 0.250. The molecule has 0 radical (unpaired) electrons. The molecule has 0 unspecified atom stereocenters. The Labute approximate surface area is 141 Å². The second-order valence-corrected chi connectivity index (χ2v) is 6.36. The highest BCUT2D eigenvalue weighted by Gasteiger charge is 2.21. The van der Waals surface area contributed by atoms with E-state index in [1.54, 1.807) is 0 Å². The van der Waals surface area contributed by atoms with Crippen LogP contribution in [0.3, 0.4) is 0 Å². The van der Waals surface area contributed by atoms with Crippen LogP contribution in [-0.2, 0) is 6.54 Å². The summed E-state index contributed by atoms with van der Waals surface area (Å²) in [4.78, 5) is 17.7. The summed E-state index contributed by atoms with van der Waals surface area (Å²) in [7, 11) is 0. The lowest BCUT2D eigenvalue weighted by Crippen LogP contribution is -2.45. The Bertz CT molecular complexity index is 888. The van der Waals surface area contributed by atoms with E-state index in [9.17, 15) is 4.79 Å².